The molecule has 0 aliphatic rings. The Labute approximate surface area is 188 Å². The Morgan fingerprint density at radius 1 is 0.969 bits per heavy atom. The van der Waals surface area contributed by atoms with E-state index in [-0.39, 0.29) is 0 Å². The number of hydrogen-bond donors (Lipinski definition) is 3. The Morgan fingerprint density at radius 2 is 1.66 bits per heavy atom. The van der Waals surface area contributed by atoms with E-state index in [1.165, 1.54) is 0 Å². The van der Waals surface area contributed by atoms with E-state index >= 15 is 0 Å². The van der Waals surface area contributed by atoms with Gasteiger partial charge in [-0.05, 0) is 61.4 Å². The number of amides is 1. The number of hydrazine groups is 2. The fraction of sp³-hybridized carbons (Fsp3) is 0.208. The Bertz CT molecular complexity index is 1020. The van der Waals surface area contributed by atoms with Gasteiger partial charge in [-0.2, -0.15) is 0 Å². The first-order valence-electron chi connectivity index (χ1n) is 9.92. The van der Waals surface area contributed by atoms with Gasteiger partial charge in [-0.1, -0.05) is 24.3 Å². The van der Waals surface area contributed by atoms with Crippen molar-refractivity contribution in [2.24, 2.45) is 11.7 Å². The lowest BCUT2D eigenvalue weighted by atomic mass is 10.1. The van der Waals surface area contributed by atoms with Crippen LogP contribution < -0.4 is 36.3 Å². The van der Waals surface area contributed by atoms with E-state index in [0.717, 1.165) is 33.9 Å². The van der Waals surface area contributed by atoms with Crippen molar-refractivity contribution in [1.82, 2.24) is 5.43 Å². The second-order valence-corrected chi connectivity index (χ2v) is 6.94. The van der Waals surface area contributed by atoms with E-state index in [4.69, 9.17) is 24.8 Å². The molecule has 0 heterocycles. The first-order chi connectivity index (χ1) is 15.4. The van der Waals surface area contributed by atoms with Crippen LogP contribution in [0.15, 0.2) is 60.7 Å². The van der Waals surface area contributed by atoms with E-state index in [2.05, 4.69) is 18.8 Å². The highest BCUT2D eigenvalue weighted by Gasteiger charge is 2.11. The van der Waals surface area contributed by atoms with Crippen molar-refractivity contribution in [2.45, 2.75) is 20.5 Å². The van der Waals surface area contributed by atoms with Crippen molar-refractivity contribution < 1.29 is 19.0 Å². The van der Waals surface area contributed by atoms with Gasteiger partial charge in [0.25, 0.3) is 0 Å². The average Bonchev–Trinajstić information content (AvgIpc) is 2.79. The Kier molecular flexibility index (Phi) is 9.34. The van der Waals surface area contributed by atoms with Gasteiger partial charge in [0.2, 0.25) is 6.41 Å². The number of carbonyl (C=O) groups excluding carboxylic acids is 1. The smallest absolute Gasteiger partial charge is 0.221 e. The highest BCUT2D eigenvalue weighted by atomic mass is 16.5. The van der Waals surface area contributed by atoms with Crippen LogP contribution in [0.5, 0.6) is 23.0 Å². The molecule has 170 valence electrons. The average molecular weight is 439 g/mol. The number of hydrogen-bond acceptors (Lipinski definition) is 7. The summed E-state index contributed by atoms with van der Waals surface area (Å²) in [5.74, 6) is 13.3. The maximum Gasteiger partial charge on any atom is 0.221 e. The third kappa shape index (κ3) is 6.63. The predicted octanol–water partition coefficient (Wildman–Crippen LogP) is 3.60. The summed E-state index contributed by atoms with van der Waals surface area (Å²) in [6.45, 7) is 4.50. The van der Waals surface area contributed by atoms with Crippen LogP contribution in [0.25, 0.3) is 0 Å². The summed E-state index contributed by atoms with van der Waals surface area (Å²) >= 11 is 0. The van der Waals surface area contributed by atoms with E-state index in [1.54, 1.807) is 17.5 Å². The molecule has 0 saturated carbocycles. The van der Waals surface area contributed by atoms with Crippen LogP contribution in [0.2, 0.25) is 0 Å². The number of para-hydroxylation sites is 2. The van der Waals surface area contributed by atoms with Gasteiger partial charge in [0.15, 0.2) is 11.5 Å². The first kappa shape index (κ1) is 24.5. The molecule has 0 fully saturated rings. The number of nitrogens with two attached hydrogens (primary N) is 2. The molecule has 32 heavy (non-hydrogen) atoms. The topological polar surface area (TPSA) is 112 Å². The number of nitrogens with one attached hydrogen (secondary N) is 1. The summed E-state index contributed by atoms with van der Waals surface area (Å²) in [5.41, 5.74) is 5.90. The van der Waals surface area contributed by atoms with Gasteiger partial charge < -0.3 is 19.2 Å². The maximum absolute atomic E-state index is 8.94. The van der Waals surface area contributed by atoms with Gasteiger partial charge in [0.05, 0.1) is 12.8 Å². The van der Waals surface area contributed by atoms with Gasteiger partial charge in [-0.25, -0.2) is 11.7 Å². The van der Waals surface area contributed by atoms with E-state index in [9.17, 15) is 0 Å². The molecular formula is C24H30N4O4. The molecule has 0 aliphatic carbocycles. The third-order valence-electron chi connectivity index (χ3n) is 4.65. The summed E-state index contributed by atoms with van der Waals surface area (Å²) in [6.07, 6.45) is 0.403. The quantitative estimate of drug-likeness (QED) is 0.213. The molecule has 8 nitrogen and oxygen atoms in total. The highest BCUT2D eigenvalue weighted by Crippen LogP contribution is 2.33. The molecule has 0 radical (unpaired) electrons. The lowest BCUT2D eigenvalue weighted by Crippen LogP contribution is -2.26. The van der Waals surface area contributed by atoms with Gasteiger partial charge >= 0.3 is 0 Å². The molecule has 0 saturated heterocycles. The molecule has 8 heteroatoms. The van der Waals surface area contributed by atoms with Crippen LogP contribution in [-0.4, -0.2) is 20.6 Å². The summed E-state index contributed by atoms with van der Waals surface area (Å²) in [6, 6.07) is 19.4. The second-order valence-electron chi connectivity index (χ2n) is 6.94. The van der Waals surface area contributed by atoms with Crippen LogP contribution >= 0.6 is 0 Å². The number of nitrogens with zero attached hydrogens (tertiary/aromatic N) is 1. The van der Waals surface area contributed by atoms with Crippen LogP contribution in [0.4, 0.5) is 5.69 Å². The summed E-state index contributed by atoms with van der Waals surface area (Å²) < 4.78 is 17.4. The number of anilines is 1. The zero-order valence-electron chi connectivity index (χ0n) is 18.8. The van der Waals surface area contributed by atoms with Crippen LogP contribution in [0.3, 0.4) is 0 Å². The molecule has 0 atom stereocenters. The van der Waals surface area contributed by atoms with Crippen LogP contribution in [0, 0.1) is 13.8 Å². The highest BCUT2D eigenvalue weighted by molar-refractivity contribution is 5.55. The van der Waals surface area contributed by atoms with Gasteiger partial charge in [0.1, 0.15) is 18.1 Å². The van der Waals surface area contributed by atoms with Crippen molar-refractivity contribution in [3.63, 3.8) is 0 Å². The standard InChI is InChI=1S/C23H26N2O3.CH4N2O/c1-16-8-7-9-20(25(3)24)19(16)15-27-21-13-12-18(14-17(21)2)28-23-11-6-5-10-22(23)26-4;2-3-1-4/h5-14H,15,24H2,1-4H3;1H,2H2,(H,3,4). The number of methoxy groups -OCH3 is 1. The fourth-order valence-corrected chi connectivity index (χ4v) is 3.03. The van der Waals surface area contributed by atoms with Gasteiger partial charge in [0, 0.05) is 12.6 Å². The molecule has 3 aromatic carbocycles. The molecule has 0 spiro atoms. The minimum atomic E-state index is 0.403. The van der Waals surface area contributed by atoms with Crippen LogP contribution in [-0.2, 0) is 11.4 Å². The molecule has 0 bridgehead atoms. The Balaban J connectivity index is 0.000000837. The van der Waals surface area contributed by atoms with Crippen molar-refractivity contribution in [2.75, 3.05) is 19.2 Å². The minimum Gasteiger partial charge on any atom is -0.493 e. The van der Waals surface area contributed by atoms with Crippen molar-refractivity contribution in [3.05, 3.63) is 77.4 Å². The number of benzene rings is 3. The summed E-state index contributed by atoms with van der Waals surface area (Å²) in [4.78, 5) is 8.94. The summed E-state index contributed by atoms with van der Waals surface area (Å²) in [5, 5.41) is 1.61. The van der Waals surface area contributed by atoms with Crippen LogP contribution in [0.1, 0.15) is 16.7 Å². The molecule has 0 unspecified atom stereocenters. The molecular weight excluding hydrogens is 408 g/mol. The van der Waals surface area contributed by atoms with E-state index < -0.39 is 0 Å². The Hall–Kier alpha value is -3.75. The largest absolute Gasteiger partial charge is 0.493 e. The van der Waals surface area contributed by atoms with Crippen molar-refractivity contribution in [3.8, 4) is 23.0 Å². The van der Waals surface area contributed by atoms with Crippen molar-refractivity contribution >= 4 is 12.1 Å². The first-order valence-corrected chi connectivity index (χ1v) is 9.92. The zero-order chi connectivity index (χ0) is 23.5. The number of ether oxygens (including phenoxy) is 3. The maximum atomic E-state index is 8.94. The van der Waals surface area contributed by atoms with Gasteiger partial charge in [-0.3, -0.25) is 10.2 Å². The lowest BCUT2D eigenvalue weighted by Gasteiger charge is -2.20. The van der Waals surface area contributed by atoms with Crippen molar-refractivity contribution in [1.29, 1.82) is 0 Å². The molecule has 5 N–H and O–H groups in total. The van der Waals surface area contributed by atoms with E-state index in [0.29, 0.717) is 24.5 Å². The fourth-order valence-electron chi connectivity index (χ4n) is 3.03. The predicted molar refractivity (Wildman–Crippen MR) is 126 cm³/mol. The van der Waals surface area contributed by atoms with Gasteiger partial charge in [-0.15, -0.1) is 0 Å². The molecule has 0 aliphatic heterocycles. The minimum absolute atomic E-state index is 0.403. The summed E-state index contributed by atoms with van der Waals surface area (Å²) in [7, 11) is 3.45. The second kappa shape index (κ2) is 12.2. The molecule has 1 amide bonds. The Morgan fingerprint density at radius 3 is 2.25 bits per heavy atom. The molecule has 0 aromatic heterocycles. The monoisotopic (exact) mass is 438 g/mol. The molecule has 3 aromatic rings. The lowest BCUT2D eigenvalue weighted by molar-refractivity contribution is -0.109. The number of carbonyl (C=O) groups is 1. The third-order valence-corrected chi connectivity index (χ3v) is 4.65. The number of rotatable bonds is 8. The van der Waals surface area contributed by atoms with E-state index in [1.807, 2.05) is 68.6 Å². The molecule has 3 rings (SSSR count). The normalized spacial score (nSPS) is 9.81. The SMILES string of the molecule is COc1ccccc1Oc1ccc(OCc2c(C)cccc2N(C)N)c(C)c1.NNC=O. The zero-order valence-corrected chi connectivity index (χ0v) is 18.8. The number of aryl methyl sites for hydroxylation is 2.